The number of aromatic nitrogens is 2. The van der Waals surface area contributed by atoms with E-state index in [1.54, 1.807) is 11.8 Å². The maximum absolute atomic E-state index is 13.3. The molecule has 1 saturated heterocycles. The highest BCUT2D eigenvalue weighted by Crippen LogP contribution is 2.20. The highest BCUT2D eigenvalue weighted by Gasteiger charge is 2.21. The maximum Gasteiger partial charge on any atom is 0.254 e. The first-order chi connectivity index (χ1) is 9.06. The summed E-state index contributed by atoms with van der Waals surface area (Å²) < 4.78 is 18.7. The molecule has 1 aromatic rings. The van der Waals surface area contributed by atoms with Gasteiger partial charge in [-0.25, -0.2) is 4.98 Å². The highest BCUT2D eigenvalue weighted by molar-refractivity contribution is 6.28. The van der Waals surface area contributed by atoms with Crippen molar-refractivity contribution in [2.75, 3.05) is 19.7 Å². The van der Waals surface area contributed by atoms with Crippen LogP contribution in [0, 0.1) is 11.7 Å². The first kappa shape index (κ1) is 14.0. The van der Waals surface area contributed by atoms with E-state index in [-0.39, 0.29) is 17.1 Å². The van der Waals surface area contributed by atoms with Crippen molar-refractivity contribution in [2.45, 2.75) is 19.8 Å². The molecule has 1 aliphatic rings. The van der Waals surface area contributed by atoms with E-state index in [4.69, 9.17) is 16.3 Å². The lowest BCUT2D eigenvalue weighted by Crippen LogP contribution is -2.38. The van der Waals surface area contributed by atoms with E-state index in [0.29, 0.717) is 12.5 Å². The number of carbonyl (C=O) groups is 1. The Kier molecular flexibility index (Phi) is 4.52. The number of hydrogen-bond acceptors (Lipinski definition) is 4. The molecule has 0 radical (unpaired) electrons. The van der Waals surface area contributed by atoms with Crippen LogP contribution in [0.3, 0.4) is 0 Å². The van der Waals surface area contributed by atoms with E-state index in [1.165, 1.54) is 0 Å². The Morgan fingerprint density at radius 2 is 2.26 bits per heavy atom. The Morgan fingerprint density at radius 3 is 2.89 bits per heavy atom. The summed E-state index contributed by atoms with van der Waals surface area (Å²) >= 11 is 5.58. The largest absolute Gasteiger partial charge is 0.475 e. The number of piperidine rings is 1. The number of rotatable bonds is 3. The third kappa shape index (κ3) is 3.76. The quantitative estimate of drug-likeness (QED) is 0.797. The molecule has 2 rings (SSSR count). The number of hydrogen-bond donors (Lipinski definition) is 0. The van der Waals surface area contributed by atoms with Gasteiger partial charge in [0.1, 0.15) is 0 Å². The maximum atomic E-state index is 13.3. The van der Waals surface area contributed by atoms with Gasteiger partial charge in [0.15, 0.2) is 0 Å². The van der Waals surface area contributed by atoms with E-state index in [1.807, 2.05) is 0 Å². The van der Waals surface area contributed by atoms with Crippen molar-refractivity contribution in [3.05, 3.63) is 17.3 Å². The van der Waals surface area contributed by atoms with Crippen LogP contribution < -0.4 is 4.74 Å². The molecule has 1 amide bonds. The van der Waals surface area contributed by atoms with Gasteiger partial charge in [-0.05, 0) is 30.4 Å². The van der Waals surface area contributed by atoms with E-state index in [9.17, 15) is 9.18 Å². The van der Waals surface area contributed by atoms with Gasteiger partial charge in [-0.15, -0.1) is 0 Å². The topological polar surface area (TPSA) is 55.3 Å². The summed E-state index contributed by atoms with van der Waals surface area (Å²) in [6.07, 6.45) is 2.68. The van der Waals surface area contributed by atoms with Crippen LogP contribution in [0.4, 0.5) is 4.39 Å². The Balaban J connectivity index is 1.83. The second kappa shape index (κ2) is 6.14. The van der Waals surface area contributed by atoms with Gasteiger partial charge < -0.3 is 9.64 Å². The molecule has 0 atom stereocenters. The van der Waals surface area contributed by atoms with E-state index in [0.717, 1.165) is 32.1 Å². The fourth-order valence-electron chi connectivity index (χ4n) is 2.04. The van der Waals surface area contributed by atoms with Crippen molar-refractivity contribution in [3.8, 4) is 5.88 Å². The summed E-state index contributed by atoms with van der Waals surface area (Å²) in [6.45, 7) is 3.37. The van der Waals surface area contributed by atoms with Gasteiger partial charge in [0.2, 0.25) is 17.0 Å². The second-order valence-electron chi connectivity index (χ2n) is 4.55. The highest BCUT2D eigenvalue weighted by atomic mass is 35.5. The fourth-order valence-corrected chi connectivity index (χ4v) is 2.17. The Bertz CT molecular complexity index is 464. The summed E-state index contributed by atoms with van der Waals surface area (Å²) in [5, 5.41) is -0.0391. The monoisotopic (exact) mass is 287 g/mol. The lowest BCUT2D eigenvalue weighted by Gasteiger charge is -2.30. The molecule has 19 heavy (non-hydrogen) atoms. The number of likely N-dealkylation sites (tertiary alicyclic amines) is 1. The van der Waals surface area contributed by atoms with Crippen molar-refractivity contribution >= 4 is 17.5 Å². The van der Waals surface area contributed by atoms with Crippen LogP contribution >= 0.6 is 11.6 Å². The lowest BCUT2D eigenvalue weighted by molar-refractivity contribution is -0.130. The van der Waals surface area contributed by atoms with Gasteiger partial charge in [-0.2, -0.15) is 9.37 Å². The van der Waals surface area contributed by atoms with Gasteiger partial charge in [-0.3, -0.25) is 4.79 Å². The molecule has 0 aromatic carbocycles. The molecule has 1 aromatic heterocycles. The molecule has 5 nitrogen and oxygen atoms in total. The van der Waals surface area contributed by atoms with Crippen molar-refractivity contribution in [1.82, 2.24) is 14.9 Å². The predicted molar refractivity (Wildman–Crippen MR) is 67.5 cm³/mol. The normalized spacial score (nSPS) is 16.5. The number of ether oxygens (including phenoxy) is 1. The number of nitrogens with zero attached hydrogens (tertiary/aromatic N) is 3. The second-order valence-corrected chi connectivity index (χ2v) is 4.89. The molecule has 0 aliphatic carbocycles. The average Bonchev–Trinajstić information content (AvgIpc) is 2.40. The molecule has 0 unspecified atom stereocenters. The SMILES string of the molecule is CC(=O)N1CCC(COc2nc(Cl)ncc2F)CC1. The minimum Gasteiger partial charge on any atom is -0.475 e. The third-order valence-corrected chi connectivity index (χ3v) is 3.38. The van der Waals surface area contributed by atoms with Crippen LogP contribution in [-0.4, -0.2) is 40.5 Å². The molecule has 0 spiro atoms. The molecule has 0 bridgehead atoms. The van der Waals surface area contributed by atoms with Gasteiger partial charge in [0.25, 0.3) is 5.88 Å². The summed E-state index contributed by atoms with van der Waals surface area (Å²) in [7, 11) is 0. The molecular formula is C12H15ClFN3O2. The first-order valence-corrected chi connectivity index (χ1v) is 6.50. The molecule has 2 heterocycles. The number of halogens is 2. The molecule has 1 fully saturated rings. The zero-order valence-corrected chi connectivity index (χ0v) is 11.4. The summed E-state index contributed by atoms with van der Waals surface area (Å²) in [6, 6.07) is 0. The van der Waals surface area contributed by atoms with Gasteiger partial charge in [-0.1, -0.05) is 0 Å². The molecule has 1 aliphatic heterocycles. The standard InChI is InChI=1S/C12H15ClFN3O2/c1-8(18)17-4-2-9(3-5-17)7-19-11-10(14)6-15-12(13)16-11/h6,9H,2-5,7H2,1H3. The fraction of sp³-hybridized carbons (Fsp3) is 0.583. The zero-order valence-electron chi connectivity index (χ0n) is 10.6. The Morgan fingerprint density at radius 1 is 1.58 bits per heavy atom. The molecule has 0 N–H and O–H groups in total. The first-order valence-electron chi connectivity index (χ1n) is 6.12. The van der Waals surface area contributed by atoms with Gasteiger partial charge >= 0.3 is 0 Å². The van der Waals surface area contributed by atoms with Crippen molar-refractivity contribution < 1.29 is 13.9 Å². The minimum atomic E-state index is -0.620. The summed E-state index contributed by atoms with van der Waals surface area (Å²) in [5.74, 6) is -0.351. The Labute approximate surface area is 115 Å². The van der Waals surface area contributed by atoms with Gasteiger partial charge in [0.05, 0.1) is 12.8 Å². The van der Waals surface area contributed by atoms with E-state index >= 15 is 0 Å². The minimum absolute atomic E-state index is 0.0391. The van der Waals surface area contributed by atoms with Crippen LogP contribution in [0.2, 0.25) is 5.28 Å². The molecule has 7 heteroatoms. The zero-order chi connectivity index (χ0) is 13.8. The number of amides is 1. The van der Waals surface area contributed by atoms with Crippen molar-refractivity contribution in [2.24, 2.45) is 5.92 Å². The Hall–Kier alpha value is -1.43. The van der Waals surface area contributed by atoms with Crippen LogP contribution in [0.5, 0.6) is 5.88 Å². The van der Waals surface area contributed by atoms with Crippen molar-refractivity contribution in [1.29, 1.82) is 0 Å². The van der Waals surface area contributed by atoms with E-state index in [2.05, 4.69) is 9.97 Å². The molecular weight excluding hydrogens is 273 g/mol. The van der Waals surface area contributed by atoms with Gasteiger partial charge in [0, 0.05) is 20.0 Å². The molecule has 0 saturated carbocycles. The predicted octanol–water partition coefficient (Wildman–Crippen LogP) is 1.91. The summed E-state index contributed by atoms with van der Waals surface area (Å²) in [4.78, 5) is 20.2. The molecule has 104 valence electrons. The van der Waals surface area contributed by atoms with Crippen LogP contribution in [0.15, 0.2) is 6.20 Å². The van der Waals surface area contributed by atoms with Crippen LogP contribution in [-0.2, 0) is 4.79 Å². The third-order valence-electron chi connectivity index (χ3n) is 3.20. The lowest BCUT2D eigenvalue weighted by atomic mass is 9.98. The van der Waals surface area contributed by atoms with Crippen LogP contribution in [0.25, 0.3) is 0 Å². The average molecular weight is 288 g/mol. The number of carbonyl (C=O) groups excluding carboxylic acids is 1. The van der Waals surface area contributed by atoms with Crippen LogP contribution in [0.1, 0.15) is 19.8 Å². The van der Waals surface area contributed by atoms with Crippen molar-refractivity contribution in [3.63, 3.8) is 0 Å². The smallest absolute Gasteiger partial charge is 0.254 e. The summed E-state index contributed by atoms with van der Waals surface area (Å²) in [5.41, 5.74) is 0. The van der Waals surface area contributed by atoms with E-state index < -0.39 is 5.82 Å².